The van der Waals surface area contributed by atoms with Gasteiger partial charge in [0, 0.05) is 18.8 Å². The van der Waals surface area contributed by atoms with Gasteiger partial charge in [-0.2, -0.15) is 10.3 Å². The summed E-state index contributed by atoms with van der Waals surface area (Å²) < 4.78 is 3.18. The minimum absolute atomic E-state index is 0.162. The van der Waals surface area contributed by atoms with Crippen LogP contribution in [0.5, 0.6) is 0 Å². The molecule has 3 heterocycles. The Labute approximate surface area is 190 Å². The van der Waals surface area contributed by atoms with Crippen LogP contribution in [0.3, 0.4) is 0 Å². The van der Waals surface area contributed by atoms with Crippen molar-refractivity contribution in [3.8, 4) is 6.07 Å². The van der Waals surface area contributed by atoms with E-state index in [9.17, 15) is 14.9 Å². The fourth-order valence-corrected chi connectivity index (χ4v) is 3.69. The average molecular weight is 438 g/mol. The van der Waals surface area contributed by atoms with E-state index in [2.05, 4.69) is 23.0 Å². The minimum atomic E-state index is -0.489. The summed E-state index contributed by atoms with van der Waals surface area (Å²) >= 11 is 0. The summed E-state index contributed by atoms with van der Waals surface area (Å²) in [5.74, 6) is -0.489. The van der Waals surface area contributed by atoms with Gasteiger partial charge in [0.2, 0.25) is 0 Å². The van der Waals surface area contributed by atoms with Crippen LogP contribution in [0, 0.1) is 11.3 Å². The van der Waals surface area contributed by atoms with Gasteiger partial charge < -0.3 is 4.57 Å². The number of nitrogens with zero attached hydrogens (tertiary/aromatic N) is 5. The zero-order valence-corrected chi connectivity index (χ0v) is 18.3. The predicted molar refractivity (Wildman–Crippen MR) is 127 cm³/mol. The summed E-state index contributed by atoms with van der Waals surface area (Å²) in [6, 6.07) is 18.3. The van der Waals surface area contributed by atoms with Crippen LogP contribution >= 0.6 is 0 Å². The highest BCUT2D eigenvalue weighted by Crippen LogP contribution is 2.11. The Morgan fingerprint density at radius 3 is 2.70 bits per heavy atom. The number of benzene rings is 1. The van der Waals surface area contributed by atoms with Crippen LogP contribution in [0.25, 0.3) is 22.8 Å². The summed E-state index contributed by atoms with van der Waals surface area (Å²) in [4.78, 5) is 34.7. The van der Waals surface area contributed by atoms with Crippen molar-refractivity contribution in [3.05, 3.63) is 93.8 Å². The molecule has 4 rings (SSSR count). The van der Waals surface area contributed by atoms with E-state index in [4.69, 9.17) is 0 Å². The number of hydrogen-bond donors (Lipinski definition) is 0. The number of amides is 1. The van der Waals surface area contributed by atoms with E-state index >= 15 is 0 Å². The number of aromatic nitrogens is 3. The molecule has 0 atom stereocenters. The van der Waals surface area contributed by atoms with E-state index < -0.39 is 5.91 Å². The summed E-state index contributed by atoms with van der Waals surface area (Å²) in [5, 5.41) is 10.1. The number of pyridine rings is 2. The van der Waals surface area contributed by atoms with E-state index in [1.54, 1.807) is 29.0 Å². The molecule has 1 aromatic carbocycles. The van der Waals surface area contributed by atoms with Gasteiger partial charge in [-0.1, -0.05) is 56.2 Å². The second-order valence-electron chi connectivity index (χ2n) is 7.63. The van der Waals surface area contributed by atoms with Gasteiger partial charge in [0.1, 0.15) is 17.4 Å². The lowest BCUT2D eigenvalue weighted by Crippen LogP contribution is -2.29. The highest BCUT2D eigenvalue weighted by atomic mass is 16.1. The van der Waals surface area contributed by atoms with Crippen molar-refractivity contribution in [1.29, 1.82) is 5.26 Å². The average Bonchev–Trinajstić information content (AvgIpc) is 2.85. The molecule has 164 valence electrons. The first-order valence-corrected chi connectivity index (χ1v) is 10.9. The van der Waals surface area contributed by atoms with Crippen LogP contribution in [0.15, 0.2) is 76.7 Å². The maximum absolute atomic E-state index is 13.1. The van der Waals surface area contributed by atoms with E-state index in [-0.39, 0.29) is 16.6 Å². The molecule has 0 saturated carbocycles. The van der Waals surface area contributed by atoms with Gasteiger partial charge in [0.25, 0.3) is 11.5 Å². The number of hydrogen-bond acceptors (Lipinski definition) is 4. The molecule has 0 bridgehead atoms. The SMILES string of the molecule is CCCCCn1c(=NC(=O)/C=C/c2ccccc2)c(C#N)cc2c(=O)n3ccccc3nc21. The van der Waals surface area contributed by atoms with Gasteiger partial charge in [-0.25, -0.2) is 4.98 Å². The smallest absolute Gasteiger partial charge is 0.271 e. The van der Waals surface area contributed by atoms with Crippen molar-refractivity contribution >= 4 is 28.7 Å². The summed E-state index contributed by atoms with van der Waals surface area (Å²) in [6.07, 6.45) is 7.46. The second-order valence-corrected chi connectivity index (χ2v) is 7.63. The third-order valence-electron chi connectivity index (χ3n) is 5.33. The number of aryl methyl sites for hydroxylation is 1. The molecule has 0 unspecified atom stereocenters. The number of unbranched alkanes of at least 4 members (excludes halogenated alkanes) is 2. The van der Waals surface area contributed by atoms with Crippen LogP contribution in [0.2, 0.25) is 0 Å². The number of rotatable bonds is 6. The molecule has 0 fully saturated rings. The molecular weight excluding hydrogens is 414 g/mol. The summed E-state index contributed by atoms with van der Waals surface area (Å²) in [7, 11) is 0. The Bertz CT molecular complexity index is 1520. The fraction of sp³-hybridized carbons (Fsp3) is 0.192. The highest BCUT2D eigenvalue weighted by molar-refractivity contribution is 5.92. The Morgan fingerprint density at radius 1 is 1.15 bits per heavy atom. The van der Waals surface area contributed by atoms with Crippen molar-refractivity contribution in [1.82, 2.24) is 14.0 Å². The van der Waals surface area contributed by atoms with Gasteiger partial charge in [0.05, 0.1) is 10.9 Å². The molecule has 7 nitrogen and oxygen atoms in total. The van der Waals surface area contributed by atoms with Crippen LogP contribution < -0.4 is 11.0 Å². The Morgan fingerprint density at radius 2 is 1.94 bits per heavy atom. The number of carbonyl (C=O) groups is 1. The van der Waals surface area contributed by atoms with Crippen LogP contribution in [-0.2, 0) is 11.3 Å². The molecule has 0 N–H and O–H groups in total. The largest absolute Gasteiger partial charge is 0.309 e. The van der Waals surface area contributed by atoms with Crippen molar-refractivity contribution < 1.29 is 4.79 Å². The highest BCUT2D eigenvalue weighted by Gasteiger charge is 2.14. The molecule has 3 aromatic heterocycles. The monoisotopic (exact) mass is 437 g/mol. The molecule has 0 radical (unpaired) electrons. The van der Waals surface area contributed by atoms with E-state index in [1.807, 2.05) is 36.4 Å². The van der Waals surface area contributed by atoms with Crippen molar-refractivity contribution in [2.75, 3.05) is 0 Å². The van der Waals surface area contributed by atoms with Crippen molar-refractivity contribution in [2.24, 2.45) is 4.99 Å². The number of carbonyl (C=O) groups excluding carboxylic acids is 1. The zero-order chi connectivity index (χ0) is 23.2. The van der Waals surface area contributed by atoms with Gasteiger partial charge in [-0.15, -0.1) is 0 Å². The number of fused-ring (bicyclic) bond motifs is 2. The summed E-state index contributed by atoms with van der Waals surface area (Å²) in [5.41, 5.74) is 1.89. The lowest BCUT2D eigenvalue weighted by Gasteiger charge is -2.13. The first-order valence-electron chi connectivity index (χ1n) is 10.9. The van der Waals surface area contributed by atoms with E-state index in [0.717, 1.165) is 24.8 Å². The fourth-order valence-electron chi connectivity index (χ4n) is 3.69. The van der Waals surface area contributed by atoms with Crippen molar-refractivity contribution in [3.63, 3.8) is 0 Å². The van der Waals surface area contributed by atoms with Gasteiger partial charge >= 0.3 is 0 Å². The molecule has 33 heavy (non-hydrogen) atoms. The molecule has 0 aliphatic rings. The van der Waals surface area contributed by atoms with Gasteiger partial charge in [0.15, 0.2) is 5.49 Å². The molecule has 0 saturated heterocycles. The standard InChI is InChI=1S/C26H23N5O2/c1-2-3-8-16-31-24(29-23(32)14-13-19-10-5-4-6-11-19)20(18-27)17-21-25(31)28-22-12-7-9-15-30(22)26(21)33/h4-7,9-15,17H,2-3,8,16H2,1H3/b14-13+,29-24?. The third kappa shape index (κ3) is 4.65. The molecule has 1 amide bonds. The zero-order valence-electron chi connectivity index (χ0n) is 18.3. The first-order chi connectivity index (χ1) is 16.1. The topological polar surface area (TPSA) is 92.5 Å². The molecule has 0 aliphatic heterocycles. The Kier molecular flexibility index (Phi) is 6.56. The Balaban J connectivity index is 1.94. The third-order valence-corrected chi connectivity index (χ3v) is 5.33. The van der Waals surface area contributed by atoms with Crippen LogP contribution in [-0.4, -0.2) is 19.9 Å². The lowest BCUT2D eigenvalue weighted by atomic mass is 10.2. The number of nitriles is 1. The van der Waals surface area contributed by atoms with Crippen molar-refractivity contribution in [2.45, 2.75) is 32.7 Å². The molecule has 0 spiro atoms. The van der Waals surface area contributed by atoms with Gasteiger partial charge in [-0.3, -0.25) is 14.0 Å². The minimum Gasteiger partial charge on any atom is -0.309 e. The lowest BCUT2D eigenvalue weighted by molar-refractivity contribution is -0.113. The maximum atomic E-state index is 13.1. The summed E-state index contributed by atoms with van der Waals surface area (Å²) in [6.45, 7) is 2.58. The van der Waals surface area contributed by atoms with E-state index in [1.165, 1.54) is 16.5 Å². The normalized spacial score (nSPS) is 11.9. The quantitative estimate of drug-likeness (QED) is 0.260. The van der Waals surface area contributed by atoms with Crippen LogP contribution in [0.4, 0.5) is 0 Å². The molecule has 4 aromatic rings. The Hall–Kier alpha value is -4.31. The maximum Gasteiger partial charge on any atom is 0.271 e. The van der Waals surface area contributed by atoms with Crippen LogP contribution in [0.1, 0.15) is 37.3 Å². The molecule has 7 heteroatoms. The molecule has 0 aliphatic carbocycles. The first kappa shape index (κ1) is 21.9. The second kappa shape index (κ2) is 9.88. The predicted octanol–water partition coefficient (Wildman–Crippen LogP) is 3.85. The van der Waals surface area contributed by atoms with Gasteiger partial charge in [-0.05, 0) is 36.3 Å². The van der Waals surface area contributed by atoms with E-state index in [0.29, 0.717) is 23.2 Å². The molecular formula is C26H23N5O2.